The number of aliphatic hydroxyl groups is 2. The van der Waals surface area contributed by atoms with Gasteiger partial charge in [0.25, 0.3) is 0 Å². The third-order valence-electron chi connectivity index (χ3n) is 11.6. The van der Waals surface area contributed by atoms with Gasteiger partial charge in [0.15, 0.2) is 0 Å². The predicted molar refractivity (Wildman–Crippen MR) is 219 cm³/mol. The van der Waals surface area contributed by atoms with Crippen LogP contribution in [0, 0.1) is 5.92 Å². The van der Waals surface area contributed by atoms with Gasteiger partial charge in [0.1, 0.15) is 36.5 Å². The zero-order chi connectivity index (χ0) is 41.8. The van der Waals surface area contributed by atoms with Crippen LogP contribution in [-0.4, -0.2) is 85.1 Å². The number of hydrogen-bond acceptors (Lipinski definition) is 11. The molecule has 5 aromatic rings. The Balaban J connectivity index is 1.41. The molecule has 3 amide bonds. The highest BCUT2D eigenvalue weighted by Gasteiger charge is 2.76. The number of anilines is 1. The van der Waals surface area contributed by atoms with Crippen molar-refractivity contribution in [3.63, 3.8) is 0 Å². The lowest BCUT2D eigenvalue weighted by Gasteiger charge is -2.46. The van der Waals surface area contributed by atoms with Crippen molar-refractivity contribution < 1.29 is 48.3 Å². The van der Waals surface area contributed by atoms with Crippen LogP contribution >= 0.6 is 0 Å². The molecule has 2 fully saturated rings. The highest BCUT2D eigenvalue weighted by molar-refractivity contribution is 6.23. The van der Waals surface area contributed by atoms with Gasteiger partial charge in [-0.05, 0) is 34.4 Å². The largest absolute Gasteiger partial charge is 0.491 e. The number of esters is 1. The van der Waals surface area contributed by atoms with Gasteiger partial charge in [-0.25, -0.2) is 9.69 Å². The summed E-state index contributed by atoms with van der Waals surface area (Å²) >= 11 is 0. The molecule has 3 heterocycles. The number of rotatable bonds is 13. The van der Waals surface area contributed by atoms with Gasteiger partial charge in [0.05, 0.1) is 43.0 Å². The minimum Gasteiger partial charge on any atom is -0.491 e. The van der Waals surface area contributed by atoms with Crippen molar-refractivity contribution in [1.82, 2.24) is 10.2 Å². The van der Waals surface area contributed by atoms with Crippen molar-refractivity contribution in [2.45, 2.75) is 35.7 Å². The highest BCUT2D eigenvalue weighted by atomic mass is 16.6. The maximum absolute atomic E-state index is 16.0. The fraction of sp³-hybridized carbons (Fsp3) is 0.277. The second-order valence-electron chi connectivity index (χ2n) is 14.8. The fourth-order valence-corrected chi connectivity index (χ4v) is 9.18. The molecule has 13 heteroatoms. The Hall–Kier alpha value is -6.38. The van der Waals surface area contributed by atoms with E-state index in [2.05, 4.69) is 5.32 Å². The Labute approximate surface area is 347 Å². The number of amides is 3. The molecule has 60 heavy (non-hydrogen) atoms. The summed E-state index contributed by atoms with van der Waals surface area (Å²) < 4.78 is 23.4. The molecule has 2 saturated heterocycles. The van der Waals surface area contributed by atoms with E-state index < -0.39 is 65.5 Å². The van der Waals surface area contributed by atoms with Crippen molar-refractivity contribution >= 4 is 29.6 Å². The first-order chi connectivity index (χ1) is 29.3. The Morgan fingerprint density at radius 2 is 1.42 bits per heavy atom. The Morgan fingerprint density at radius 3 is 2.12 bits per heavy atom. The smallest absolute Gasteiger partial charge is 0.421 e. The first kappa shape index (κ1) is 40.4. The molecule has 7 unspecified atom stereocenters. The lowest BCUT2D eigenvalue weighted by atomic mass is 9.65. The molecular weight excluding hydrogens is 767 g/mol. The fourth-order valence-electron chi connectivity index (χ4n) is 9.18. The molecule has 0 bridgehead atoms. The summed E-state index contributed by atoms with van der Waals surface area (Å²) in [6, 6.07) is 37.7. The second kappa shape index (κ2) is 17.5. The molecule has 0 saturated carbocycles. The number of cyclic esters (lactones) is 1. The number of hydrogen-bond donors (Lipinski definition) is 3. The third kappa shape index (κ3) is 6.98. The summed E-state index contributed by atoms with van der Waals surface area (Å²) in [4.78, 5) is 63.5. The summed E-state index contributed by atoms with van der Waals surface area (Å²) in [5, 5.41) is 24.1. The van der Waals surface area contributed by atoms with Gasteiger partial charge in [0, 0.05) is 19.2 Å². The van der Waals surface area contributed by atoms with Gasteiger partial charge in [-0.1, -0.05) is 127 Å². The zero-order valence-corrected chi connectivity index (χ0v) is 32.8. The van der Waals surface area contributed by atoms with Crippen LogP contribution in [0.1, 0.15) is 52.1 Å². The molecule has 0 radical (unpaired) electrons. The lowest BCUT2D eigenvalue weighted by molar-refractivity contribution is -0.178. The zero-order valence-electron chi connectivity index (χ0n) is 32.8. The molecule has 3 N–H and O–H groups in total. The molecule has 3 aliphatic heterocycles. The van der Waals surface area contributed by atoms with Crippen molar-refractivity contribution in [2.75, 3.05) is 45.0 Å². The van der Waals surface area contributed by atoms with Gasteiger partial charge in [-0.2, -0.15) is 0 Å². The van der Waals surface area contributed by atoms with E-state index >= 15 is 14.4 Å². The van der Waals surface area contributed by atoms with Crippen molar-refractivity contribution in [1.29, 1.82) is 0 Å². The predicted octanol–water partition coefficient (Wildman–Crippen LogP) is 5.36. The molecule has 5 aromatic carbocycles. The summed E-state index contributed by atoms with van der Waals surface area (Å²) in [6.45, 7) is -0.767. The first-order valence-corrected chi connectivity index (χ1v) is 19.8. The highest BCUT2D eigenvalue weighted by Crippen LogP contribution is 2.66. The van der Waals surface area contributed by atoms with E-state index in [0.29, 0.717) is 28.0 Å². The maximum atomic E-state index is 16.0. The van der Waals surface area contributed by atoms with Crippen LogP contribution in [0.25, 0.3) is 0 Å². The van der Waals surface area contributed by atoms with Gasteiger partial charge in [-0.15, -0.1) is 0 Å². The van der Waals surface area contributed by atoms with Gasteiger partial charge < -0.3 is 34.5 Å². The minimum atomic E-state index is -2.03. The first-order valence-electron chi connectivity index (χ1n) is 19.8. The van der Waals surface area contributed by atoms with Gasteiger partial charge in [0.2, 0.25) is 11.8 Å². The van der Waals surface area contributed by atoms with E-state index in [4.69, 9.17) is 18.9 Å². The third-order valence-corrected chi connectivity index (χ3v) is 11.6. The van der Waals surface area contributed by atoms with Crippen molar-refractivity contribution in [3.8, 4) is 5.75 Å². The number of aliphatic hydroxyl groups excluding tert-OH is 2. The second-order valence-corrected chi connectivity index (χ2v) is 14.8. The van der Waals surface area contributed by atoms with Crippen LogP contribution in [0.15, 0.2) is 140 Å². The molecular formula is C47H45N3O10. The van der Waals surface area contributed by atoms with Gasteiger partial charge in [-0.3, -0.25) is 19.3 Å². The van der Waals surface area contributed by atoms with E-state index in [1.165, 1.54) is 7.11 Å². The number of benzene rings is 5. The number of carbonyl (C=O) groups is 4. The van der Waals surface area contributed by atoms with Crippen LogP contribution < -0.4 is 15.0 Å². The van der Waals surface area contributed by atoms with Crippen molar-refractivity contribution in [2.24, 2.45) is 5.92 Å². The van der Waals surface area contributed by atoms with Crippen LogP contribution in [0.2, 0.25) is 0 Å². The number of imide groups is 1. The molecule has 13 nitrogen and oxygen atoms in total. The summed E-state index contributed by atoms with van der Waals surface area (Å²) in [6.07, 6.45) is -3.05. The molecule has 7 atom stereocenters. The number of nitrogens with one attached hydrogen (secondary N) is 1. The Bertz CT molecular complexity index is 2330. The number of para-hydroxylation sites is 2. The average molecular weight is 812 g/mol. The molecule has 3 aliphatic rings. The molecule has 0 aromatic heterocycles. The van der Waals surface area contributed by atoms with E-state index in [-0.39, 0.29) is 38.7 Å². The SMILES string of the molecule is COCCOC(=O)N1C(=O)C2(c3ccccc31)C(C(=O)NCC(O)c1ccccc1)C1C(=O)OC(c3ccccc3)C(c3ccccc3)N1C2c1ccccc1OCCO. The summed E-state index contributed by atoms with van der Waals surface area (Å²) in [5.41, 5.74) is 0.830. The van der Waals surface area contributed by atoms with Crippen LogP contribution in [0.3, 0.4) is 0 Å². The average Bonchev–Trinajstić information content (AvgIpc) is 3.75. The topological polar surface area (TPSA) is 164 Å². The Kier molecular flexibility index (Phi) is 11.8. The Morgan fingerprint density at radius 1 is 0.783 bits per heavy atom. The summed E-state index contributed by atoms with van der Waals surface area (Å²) in [7, 11) is 1.46. The number of carbonyl (C=O) groups excluding carboxylic acids is 4. The van der Waals surface area contributed by atoms with Crippen LogP contribution in [0.5, 0.6) is 5.75 Å². The lowest BCUT2D eigenvalue weighted by Crippen LogP contribution is -2.56. The van der Waals surface area contributed by atoms with E-state index in [1.54, 1.807) is 72.8 Å². The molecule has 8 rings (SSSR count). The normalized spacial score (nSPS) is 23.7. The minimum absolute atomic E-state index is 0.0643. The number of fused-ring (bicyclic) bond motifs is 3. The molecule has 1 spiro atoms. The van der Waals surface area contributed by atoms with E-state index in [1.807, 2.05) is 71.6 Å². The molecule has 308 valence electrons. The summed E-state index contributed by atoms with van der Waals surface area (Å²) in [5.74, 6) is -3.55. The standard InChI is InChI=1S/C47H45N3O10/c1-57-27-28-59-46(56)49-35-23-13-12-22-34(35)47(45(49)55)38(43(53)48-29-36(52)30-15-5-2-6-16-30)40-44(54)60-41(32-19-9-4-10-20-32)39(31-17-7-3-8-18-31)50(40)42(47)33-21-11-14-24-37(33)58-26-25-51/h2-24,36,38-42,51-52H,25-29H2,1H3,(H,48,53). The van der Waals surface area contributed by atoms with Crippen LogP contribution in [-0.2, 0) is 34.0 Å². The number of nitrogens with zero attached hydrogens (tertiary/aromatic N) is 2. The quantitative estimate of drug-likeness (QED) is 0.104. The van der Waals surface area contributed by atoms with E-state index in [9.17, 15) is 15.0 Å². The number of methoxy groups -OCH3 is 1. The number of ether oxygens (including phenoxy) is 4. The number of morpholine rings is 1. The van der Waals surface area contributed by atoms with Crippen LogP contribution in [0.4, 0.5) is 10.5 Å². The molecule has 0 aliphatic carbocycles. The van der Waals surface area contributed by atoms with E-state index in [0.717, 1.165) is 10.5 Å². The van der Waals surface area contributed by atoms with Crippen molar-refractivity contribution in [3.05, 3.63) is 167 Å². The monoisotopic (exact) mass is 811 g/mol. The maximum Gasteiger partial charge on any atom is 0.421 e. The van der Waals surface area contributed by atoms with Gasteiger partial charge >= 0.3 is 12.1 Å².